The van der Waals surface area contributed by atoms with E-state index in [2.05, 4.69) is 0 Å². The quantitative estimate of drug-likeness (QED) is 0.811. The molecule has 0 bridgehead atoms. The van der Waals surface area contributed by atoms with E-state index in [0.717, 1.165) is 11.3 Å². The summed E-state index contributed by atoms with van der Waals surface area (Å²) in [6.45, 7) is 0.557. The minimum absolute atomic E-state index is 0.514. The number of nitrogen functional groups attached to an aromatic ring is 2. The Hall–Kier alpha value is -2.20. The van der Waals surface area contributed by atoms with Gasteiger partial charge >= 0.3 is 0 Å². The van der Waals surface area contributed by atoms with Gasteiger partial charge in [-0.15, -0.1) is 0 Å². The molecule has 0 amide bonds. The fraction of sp³-hybridized carbons (Fsp3) is 0.143. The van der Waals surface area contributed by atoms with Crippen LogP contribution in [0.2, 0.25) is 0 Å². The van der Waals surface area contributed by atoms with Crippen LogP contribution < -0.4 is 16.2 Å². The normalized spacial score (nSPS) is 10.3. The van der Waals surface area contributed by atoms with Crippen molar-refractivity contribution in [2.45, 2.75) is 6.61 Å². The molecule has 0 saturated carbocycles. The molecule has 0 radical (unpaired) electrons. The Balaban J connectivity index is 2.17. The Morgan fingerprint density at radius 1 is 0.944 bits per heavy atom. The monoisotopic (exact) mass is 244 g/mol. The van der Waals surface area contributed by atoms with Crippen LogP contribution in [0, 0.1) is 0 Å². The molecule has 94 valence electrons. The van der Waals surface area contributed by atoms with Gasteiger partial charge in [0.25, 0.3) is 0 Å². The molecule has 0 saturated heterocycles. The van der Waals surface area contributed by atoms with Gasteiger partial charge in [-0.05, 0) is 29.8 Å². The van der Waals surface area contributed by atoms with Crippen molar-refractivity contribution in [2.75, 3.05) is 18.6 Å². The van der Waals surface area contributed by atoms with E-state index in [0.29, 0.717) is 23.7 Å². The molecule has 2 aromatic carbocycles. The summed E-state index contributed by atoms with van der Waals surface area (Å²) in [5, 5.41) is 0. The van der Waals surface area contributed by atoms with Crippen LogP contribution in [0.5, 0.6) is 11.5 Å². The number of anilines is 2. The summed E-state index contributed by atoms with van der Waals surface area (Å²) in [6, 6.07) is 12.9. The number of ether oxygens (including phenoxy) is 2. The van der Waals surface area contributed by atoms with Crippen molar-refractivity contribution in [1.29, 1.82) is 0 Å². The maximum absolute atomic E-state index is 5.73. The van der Waals surface area contributed by atoms with Crippen LogP contribution in [0.25, 0.3) is 0 Å². The lowest BCUT2D eigenvalue weighted by molar-refractivity contribution is 0.184. The zero-order valence-corrected chi connectivity index (χ0v) is 10.2. The van der Waals surface area contributed by atoms with Crippen molar-refractivity contribution >= 4 is 11.4 Å². The van der Waals surface area contributed by atoms with Crippen LogP contribution in [0.3, 0.4) is 0 Å². The lowest BCUT2D eigenvalue weighted by atomic mass is 10.2. The van der Waals surface area contributed by atoms with Gasteiger partial charge in [0, 0.05) is 13.2 Å². The molecule has 4 heteroatoms. The third-order valence-electron chi connectivity index (χ3n) is 2.50. The molecule has 0 heterocycles. The molecule has 0 aromatic heterocycles. The minimum atomic E-state index is 0.514. The number of hydrogen-bond acceptors (Lipinski definition) is 4. The van der Waals surface area contributed by atoms with E-state index in [-0.39, 0.29) is 0 Å². The van der Waals surface area contributed by atoms with Gasteiger partial charge in [-0.25, -0.2) is 0 Å². The van der Waals surface area contributed by atoms with Gasteiger partial charge < -0.3 is 20.9 Å². The summed E-state index contributed by atoms with van der Waals surface area (Å²) in [7, 11) is 1.66. The van der Waals surface area contributed by atoms with Crippen molar-refractivity contribution in [3.8, 4) is 11.5 Å². The summed E-state index contributed by atoms with van der Waals surface area (Å²) in [5.74, 6) is 1.41. The first-order valence-electron chi connectivity index (χ1n) is 5.60. The summed E-state index contributed by atoms with van der Waals surface area (Å²) in [4.78, 5) is 0. The number of hydrogen-bond donors (Lipinski definition) is 2. The zero-order chi connectivity index (χ0) is 13.0. The fourth-order valence-electron chi connectivity index (χ4n) is 1.62. The van der Waals surface area contributed by atoms with Gasteiger partial charge in [0.15, 0.2) is 0 Å². The Bertz CT molecular complexity index is 541. The largest absolute Gasteiger partial charge is 0.457 e. The van der Waals surface area contributed by atoms with Gasteiger partial charge in [-0.2, -0.15) is 0 Å². The Morgan fingerprint density at radius 2 is 1.72 bits per heavy atom. The fourth-order valence-corrected chi connectivity index (χ4v) is 1.62. The highest BCUT2D eigenvalue weighted by atomic mass is 16.5. The molecule has 0 spiro atoms. The number of rotatable bonds is 4. The SMILES string of the molecule is COCc1cccc(Oc2ccc(N)c(N)c2)c1. The van der Waals surface area contributed by atoms with Crippen LogP contribution in [0.15, 0.2) is 42.5 Å². The van der Waals surface area contributed by atoms with Crippen molar-refractivity contribution in [3.05, 3.63) is 48.0 Å². The van der Waals surface area contributed by atoms with Crippen LogP contribution >= 0.6 is 0 Å². The third-order valence-corrected chi connectivity index (χ3v) is 2.50. The van der Waals surface area contributed by atoms with E-state index in [9.17, 15) is 0 Å². The average Bonchev–Trinajstić information content (AvgIpc) is 2.35. The highest BCUT2D eigenvalue weighted by Gasteiger charge is 2.01. The van der Waals surface area contributed by atoms with Crippen molar-refractivity contribution in [1.82, 2.24) is 0 Å². The summed E-state index contributed by atoms with van der Waals surface area (Å²) in [6.07, 6.45) is 0. The molecule has 18 heavy (non-hydrogen) atoms. The van der Waals surface area contributed by atoms with Crippen LogP contribution in [-0.4, -0.2) is 7.11 Å². The molecule has 2 rings (SSSR count). The van der Waals surface area contributed by atoms with E-state index >= 15 is 0 Å². The molecule has 0 atom stereocenters. The highest BCUT2D eigenvalue weighted by molar-refractivity contribution is 5.65. The van der Waals surface area contributed by atoms with E-state index in [1.807, 2.05) is 24.3 Å². The average molecular weight is 244 g/mol. The topological polar surface area (TPSA) is 70.5 Å². The Labute approximate surface area is 106 Å². The number of methoxy groups -OCH3 is 1. The van der Waals surface area contributed by atoms with Gasteiger partial charge in [0.05, 0.1) is 18.0 Å². The van der Waals surface area contributed by atoms with Crippen molar-refractivity contribution < 1.29 is 9.47 Å². The first-order chi connectivity index (χ1) is 8.69. The first kappa shape index (κ1) is 12.3. The van der Waals surface area contributed by atoms with Crippen LogP contribution in [0.4, 0.5) is 11.4 Å². The standard InChI is InChI=1S/C14H16N2O2/c1-17-9-10-3-2-4-11(7-10)18-12-5-6-13(15)14(16)8-12/h2-8H,9,15-16H2,1H3. The molecule has 0 fully saturated rings. The molecule has 4 N–H and O–H groups in total. The predicted molar refractivity (Wildman–Crippen MR) is 72.5 cm³/mol. The van der Waals surface area contributed by atoms with Crippen molar-refractivity contribution in [2.24, 2.45) is 0 Å². The summed E-state index contributed by atoms with van der Waals surface area (Å²) < 4.78 is 10.8. The number of nitrogens with two attached hydrogens (primary N) is 2. The van der Waals surface area contributed by atoms with Gasteiger partial charge in [0.2, 0.25) is 0 Å². The maximum Gasteiger partial charge on any atom is 0.129 e. The Morgan fingerprint density at radius 3 is 2.44 bits per heavy atom. The molecule has 2 aromatic rings. The van der Waals surface area contributed by atoms with E-state index < -0.39 is 0 Å². The van der Waals surface area contributed by atoms with Gasteiger partial charge in [-0.1, -0.05) is 12.1 Å². The highest BCUT2D eigenvalue weighted by Crippen LogP contribution is 2.26. The lowest BCUT2D eigenvalue weighted by Gasteiger charge is -2.09. The van der Waals surface area contributed by atoms with Crippen LogP contribution in [-0.2, 0) is 11.3 Å². The van der Waals surface area contributed by atoms with Crippen molar-refractivity contribution in [3.63, 3.8) is 0 Å². The molecular formula is C14H16N2O2. The smallest absolute Gasteiger partial charge is 0.129 e. The predicted octanol–water partition coefficient (Wildman–Crippen LogP) is 2.79. The van der Waals surface area contributed by atoms with E-state index in [1.165, 1.54) is 0 Å². The summed E-state index contributed by atoms with van der Waals surface area (Å²) in [5.41, 5.74) is 13.5. The van der Waals surface area contributed by atoms with Crippen LogP contribution in [0.1, 0.15) is 5.56 Å². The van der Waals surface area contributed by atoms with E-state index in [4.69, 9.17) is 20.9 Å². The second-order valence-electron chi connectivity index (χ2n) is 3.97. The van der Waals surface area contributed by atoms with Gasteiger partial charge in [-0.3, -0.25) is 0 Å². The first-order valence-corrected chi connectivity index (χ1v) is 5.60. The third kappa shape index (κ3) is 2.93. The molecule has 0 aliphatic rings. The zero-order valence-electron chi connectivity index (χ0n) is 10.2. The van der Waals surface area contributed by atoms with E-state index in [1.54, 1.807) is 25.3 Å². The lowest BCUT2D eigenvalue weighted by Crippen LogP contribution is -1.95. The number of benzene rings is 2. The summed E-state index contributed by atoms with van der Waals surface area (Å²) >= 11 is 0. The molecule has 4 nitrogen and oxygen atoms in total. The second-order valence-corrected chi connectivity index (χ2v) is 3.97. The van der Waals surface area contributed by atoms with Gasteiger partial charge in [0.1, 0.15) is 11.5 Å². The molecule has 0 unspecified atom stereocenters. The Kier molecular flexibility index (Phi) is 3.69. The molecule has 0 aliphatic heterocycles. The maximum atomic E-state index is 5.73. The minimum Gasteiger partial charge on any atom is -0.457 e. The molecule has 0 aliphatic carbocycles. The second kappa shape index (κ2) is 5.42. The molecular weight excluding hydrogens is 228 g/mol.